The first-order valence-electron chi connectivity index (χ1n) is 7.85. The molecule has 1 saturated heterocycles. The van der Waals surface area contributed by atoms with Crippen molar-refractivity contribution in [1.29, 1.82) is 0 Å². The van der Waals surface area contributed by atoms with E-state index >= 15 is 0 Å². The molecule has 3 rings (SSSR count). The van der Waals surface area contributed by atoms with Crippen LogP contribution in [0.15, 0.2) is 45.8 Å². The highest BCUT2D eigenvalue weighted by Gasteiger charge is 2.35. The average Bonchev–Trinajstić information content (AvgIpc) is 2.91. The van der Waals surface area contributed by atoms with Crippen LogP contribution >= 0.6 is 39.3 Å². The first-order valence-corrected chi connectivity index (χ1v) is 9.83. The van der Waals surface area contributed by atoms with Crippen molar-refractivity contribution in [3.8, 4) is 11.5 Å². The molecule has 0 atom stereocenters. The Morgan fingerprint density at radius 3 is 2.52 bits per heavy atom. The number of carbonyl (C=O) groups is 2. The fraction of sp³-hybridized carbons (Fsp3) is 0.158. The van der Waals surface area contributed by atoms with Crippen LogP contribution in [-0.4, -0.2) is 30.3 Å². The van der Waals surface area contributed by atoms with Crippen LogP contribution in [0.1, 0.15) is 11.1 Å². The van der Waals surface area contributed by atoms with Gasteiger partial charge in [0.15, 0.2) is 0 Å². The molecule has 27 heavy (non-hydrogen) atoms. The summed E-state index contributed by atoms with van der Waals surface area (Å²) in [4.78, 5) is 26.6. The van der Waals surface area contributed by atoms with E-state index in [1.54, 1.807) is 43.5 Å². The van der Waals surface area contributed by atoms with E-state index in [-0.39, 0.29) is 17.7 Å². The Hall–Kier alpha value is -1.96. The minimum Gasteiger partial charge on any atom is -0.496 e. The van der Waals surface area contributed by atoms with E-state index in [0.717, 1.165) is 11.8 Å². The predicted molar refractivity (Wildman–Crippen MR) is 110 cm³/mol. The van der Waals surface area contributed by atoms with E-state index in [1.165, 1.54) is 12.0 Å². The summed E-state index contributed by atoms with van der Waals surface area (Å²) in [5.41, 5.74) is 1.38. The molecule has 0 spiro atoms. The Balaban J connectivity index is 1.91. The number of halogens is 2. The highest BCUT2D eigenvalue weighted by Crippen LogP contribution is 2.38. The molecule has 0 radical (unpaired) electrons. The normalized spacial score (nSPS) is 15.6. The van der Waals surface area contributed by atoms with Crippen LogP contribution in [0.2, 0.25) is 5.02 Å². The topological polar surface area (TPSA) is 55.8 Å². The van der Waals surface area contributed by atoms with E-state index in [1.807, 2.05) is 6.07 Å². The van der Waals surface area contributed by atoms with Crippen molar-refractivity contribution in [1.82, 2.24) is 4.90 Å². The third-order valence-electron chi connectivity index (χ3n) is 3.95. The van der Waals surface area contributed by atoms with E-state index in [4.69, 9.17) is 21.1 Å². The van der Waals surface area contributed by atoms with Crippen molar-refractivity contribution >= 4 is 56.5 Å². The summed E-state index contributed by atoms with van der Waals surface area (Å²) < 4.78 is 11.3. The minimum absolute atomic E-state index is 0.130. The Kier molecular flexibility index (Phi) is 6.14. The average molecular weight is 469 g/mol. The molecule has 1 aliphatic rings. The fourth-order valence-corrected chi connectivity index (χ4v) is 4.12. The quantitative estimate of drug-likeness (QED) is 0.553. The molecule has 2 amide bonds. The summed E-state index contributed by atoms with van der Waals surface area (Å²) in [6.45, 7) is 0.130. The zero-order valence-corrected chi connectivity index (χ0v) is 17.7. The lowest BCUT2D eigenvalue weighted by Crippen LogP contribution is -2.27. The number of benzene rings is 2. The third kappa shape index (κ3) is 4.15. The maximum absolute atomic E-state index is 12.7. The van der Waals surface area contributed by atoms with Crippen LogP contribution in [-0.2, 0) is 11.3 Å². The van der Waals surface area contributed by atoms with Gasteiger partial charge in [0.1, 0.15) is 11.5 Å². The van der Waals surface area contributed by atoms with Crippen molar-refractivity contribution in [3.05, 3.63) is 61.9 Å². The summed E-state index contributed by atoms with van der Waals surface area (Å²) >= 11 is 10.5. The molecule has 0 bridgehead atoms. The van der Waals surface area contributed by atoms with Crippen molar-refractivity contribution in [2.45, 2.75) is 6.54 Å². The lowest BCUT2D eigenvalue weighted by molar-refractivity contribution is -0.123. The zero-order chi connectivity index (χ0) is 19.6. The largest absolute Gasteiger partial charge is 0.496 e. The number of imide groups is 1. The van der Waals surface area contributed by atoms with Gasteiger partial charge >= 0.3 is 0 Å². The smallest absolute Gasteiger partial charge is 0.293 e. The van der Waals surface area contributed by atoms with Crippen LogP contribution in [0.25, 0.3) is 6.08 Å². The maximum Gasteiger partial charge on any atom is 0.293 e. The Labute approximate surface area is 174 Å². The van der Waals surface area contributed by atoms with Crippen molar-refractivity contribution in [2.75, 3.05) is 14.2 Å². The number of nitrogens with zero attached hydrogens (tertiary/aromatic N) is 1. The standard InChI is InChI=1S/C19H15BrClNO4S/c1-25-15-9-16(26-2)13(20)7-12(15)8-17-18(23)22(19(24)27-17)10-11-5-3-4-6-14(11)21/h3-9H,10H2,1-2H3/b17-8-. The predicted octanol–water partition coefficient (Wildman–Crippen LogP) is 5.36. The van der Waals surface area contributed by atoms with Gasteiger partial charge in [0.2, 0.25) is 0 Å². The van der Waals surface area contributed by atoms with E-state index < -0.39 is 0 Å². The molecule has 0 unspecified atom stereocenters. The number of rotatable bonds is 5. The Morgan fingerprint density at radius 2 is 1.85 bits per heavy atom. The molecule has 2 aromatic rings. The van der Waals surface area contributed by atoms with Gasteiger partial charge in [-0.1, -0.05) is 29.8 Å². The van der Waals surface area contributed by atoms with Gasteiger partial charge in [-0.05, 0) is 51.5 Å². The molecular formula is C19H15BrClNO4S. The molecule has 0 aliphatic carbocycles. The Bertz CT molecular complexity index is 947. The first kappa shape index (κ1) is 19.8. The molecule has 140 valence electrons. The Morgan fingerprint density at radius 1 is 1.15 bits per heavy atom. The molecule has 0 N–H and O–H groups in total. The van der Waals surface area contributed by atoms with Gasteiger partial charge in [-0.15, -0.1) is 0 Å². The van der Waals surface area contributed by atoms with Crippen molar-refractivity contribution in [2.24, 2.45) is 0 Å². The molecule has 8 heteroatoms. The molecule has 0 aromatic heterocycles. The zero-order valence-electron chi connectivity index (χ0n) is 14.5. The van der Waals surface area contributed by atoms with Gasteiger partial charge in [0, 0.05) is 16.7 Å². The summed E-state index contributed by atoms with van der Waals surface area (Å²) in [5, 5.41) is 0.180. The van der Waals surface area contributed by atoms with Gasteiger partial charge < -0.3 is 9.47 Å². The highest BCUT2D eigenvalue weighted by atomic mass is 79.9. The van der Waals surface area contributed by atoms with Crippen molar-refractivity contribution < 1.29 is 19.1 Å². The third-order valence-corrected chi connectivity index (χ3v) is 5.85. The molecule has 0 saturated carbocycles. The second-order valence-corrected chi connectivity index (χ2v) is 7.84. The lowest BCUT2D eigenvalue weighted by Gasteiger charge is -2.13. The SMILES string of the molecule is COc1cc(OC)c(/C=C2\SC(=O)N(Cc3ccccc3Cl)C2=O)cc1Br. The summed E-state index contributed by atoms with van der Waals surface area (Å²) in [5.74, 6) is 0.780. The summed E-state index contributed by atoms with van der Waals surface area (Å²) in [6, 6.07) is 10.6. The van der Waals surface area contributed by atoms with E-state index in [9.17, 15) is 9.59 Å². The van der Waals surface area contributed by atoms with Crippen LogP contribution in [0, 0.1) is 0 Å². The van der Waals surface area contributed by atoms with E-state index in [0.29, 0.717) is 37.0 Å². The highest BCUT2D eigenvalue weighted by molar-refractivity contribution is 9.10. The molecule has 5 nitrogen and oxygen atoms in total. The number of hydrogen-bond donors (Lipinski definition) is 0. The monoisotopic (exact) mass is 467 g/mol. The first-order chi connectivity index (χ1) is 12.9. The second-order valence-electron chi connectivity index (χ2n) is 5.59. The van der Waals surface area contributed by atoms with Crippen LogP contribution < -0.4 is 9.47 Å². The molecule has 2 aromatic carbocycles. The number of amides is 2. The van der Waals surface area contributed by atoms with Gasteiger partial charge in [0.05, 0.1) is 30.1 Å². The maximum atomic E-state index is 12.7. The summed E-state index contributed by atoms with van der Waals surface area (Å²) in [6.07, 6.45) is 1.64. The van der Waals surface area contributed by atoms with Crippen molar-refractivity contribution in [3.63, 3.8) is 0 Å². The number of methoxy groups -OCH3 is 2. The van der Waals surface area contributed by atoms with Gasteiger partial charge in [-0.25, -0.2) is 0 Å². The molecule has 1 aliphatic heterocycles. The van der Waals surface area contributed by atoms with Gasteiger partial charge in [-0.2, -0.15) is 0 Å². The van der Waals surface area contributed by atoms with Crippen LogP contribution in [0.4, 0.5) is 4.79 Å². The molecular weight excluding hydrogens is 454 g/mol. The van der Waals surface area contributed by atoms with Gasteiger partial charge in [0.25, 0.3) is 11.1 Å². The second kappa shape index (κ2) is 8.37. The number of ether oxygens (including phenoxy) is 2. The lowest BCUT2D eigenvalue weighted by atomic mass is 10.1. The number of thioether (sulfide) groups is 1. The minimum atomic E-state index is -0.362. The number of hydrogen-bond acceptors (Lipinski definition) is 5. The van der Waals surface area contributed by atoms with E-state index in [2.05, 4.69) is 15.9 Å². The van der Waals surface area contributed by atoms with Gasteiger partial charge in [-0.3, -0.25) is 14.5 Å². The van der Waals surface area contributed by atoms with Crippen LogP contribution in [0.5, 0.6) is 11.5 Å². The number of carbonyl (C=O) groups excluding carboxylic acids is 2. The molecule has 1 fully saturated rings. The van der Waals surface area contributed by atoms with Crippen LogP contribution in [0.3, 0.4) is 0 Å². The fourth-order valence-electron chi connectivity index (χ4n) is 2.57. The summed E-state index contributed by atoms with van der Waals surface area (Å²) in [7, 11) is 3.09. The molecule has 1 heterocycles.